The summed E-state index contributed by atoms with van der Waals surface area (Å²) in [5.41, 5.74) is 0.293. The molecule has 0 saturated carbocycles. The van der Waals surface area contributed by atoms with E-state index in [0.29, 0.717) is 5.41 Å². The summed E-state index contributed by atoms with van der Waals surface area (Å²) in [7, 11) is 0. The van der Waals surface area contributed by atoms with Gasteiger partial charge in [-0.3, -0.25) is 0 Å². The summed E-state index contributed by atoms with van der Waals surface area (Å²) in [5.74, 6) is 1.70. The van der Waals surface area contributed by atoms with Gasteiger partial charge in [0.1, 0.15) is 0 Å². The van der Waals surface area contributed by atoms with Crippen LogP contribution in [0.25, 0.3) is 0 Å². The van der Waals surface area contributed by atoms with Crippen LogP contribution in [0.15, 0.2) is 0 Å². The van der Waals surface area contributed by atoms with Gasteiger partial charge in [-0.25, -0.2) is 0 Å². The molecule has 0 amide bonds. The highest BCUT2D eigenvalue weighted by Gasteiger charge is 2.19. The number of ether oxygens (including phenoxy) is 2. The molecule has 0 saturated heterocycles. The van der Waals surface area contributed by atoms with Gasteiger partial charge in [-0.1, -0.05) is 113 Å². The molecular formula is C27H56O2. The van der Waals surface area contributed by atoms with Crippen molar-refractivity contribution in [2.45, 2.75) is 138 Å². The predicted molar refractivity (Wildman–Crippen MR) is 130 cm³/mol. The van der Waals surface area contributed by atoms with Crippen LogP contribution in [-0.2, 0) is 9.47 Å². The zero-order chi connectivity index (χ0) is 22.0. The molecule has 176 valence electrons. The minimum Gasteiger partial charge on any atom is -0.379 e. The molecule has 0 aliphatic rings. The lowest BCUT2D eigenvalue weighted by Crippen LogP contribution is -2.26. The highest BCUT2D eigenvalue weighted by molar-refractivity contribution is 4.69. The van der Waals surface area contributed by atoms with Crippen molar-refractivity contribution in [1.82, 2.24) is 0 Å². The second-order valence-corrected chi connectivity index (χ2v) is 11.2. The second-order valence-electron chi connectivity index (χ2n) is 11.2. The molecule has 0 aliphatic heterocycles. The van der Waals surface area contributed by atoms with E-state index in [0.717, 1.165) is 38.1 Å². The zero-order valence-electron chi connectivity index (χ0n) is 21.4. The largest absolute Gasteiger partial charge is 0.379 e. The fraction of sp³-hybridized carbons (Fsp3) is 1.00. The molecule has 0 spiro atoms. The molecule has 2 heteroatoms. The normalized spacial score (nSPS) is 13.6. The fourth-order valence-corrected chi connectivity index (χ4v) is 3.79. The van der Waals surface area contributed by atoms with Gasteiger partial charge in [0.15, 0.2) is 0 Å². The molecule has 0 heterocycles. The summed E-state index contributed by atoms with van der Waals surface area (Å²) >= 11 is 0. The summed E-state index contributed by atoms with van der Waals surface area (Å²) < 4.78 is 12.2. The summed E-state index contributed by atoms with van der Waals surface area (Å²) in [6.07, 6.45) is 17.3. The maximum atomic E-state index is 6.22. The Kier molecular flexibility index (Phi) is 18.6. The van der Waals surface area contributed by atoms with Gasteiger partial charge in [0.25, 0.3) is 0 Å². The van der Waals surface area contributed by atoms with Gasteiger partial charge in [-0.05, 0) is 36.5 Å². The van der Waals surface area contributed by atoms with E-state index < -0.39 is 0 Å². The van der Waals surface area contributed by atoms with Crippen molar-refractivity contribution in [2.75, 3.05) is 19.8 Å². The van der Waals surface area contributed by atoms with Gasteiger partial charge in [0.05, 0.1) is 12.7 Å². The van der Waals surface area contributed by atoms with Crippen molar-refractivity contribution >= 4 is 0 Å². The van der Waals surface area contributed by atoms with E-state index in [-0.39, 0.29) is 6.10 Å². The van der Waals surface area contributed by atoms with Crippen LogP contribution in [0.1, 0.15) is 132 Å². The van der Waals surface area contributed by atoms with E-state index in [9.17, 15) is 0 Å². The Hall–Kier alpha value is -0.0800. The lowest BCUT2D eigenvalue weighted by atomic mass is 9.89. The lowest BCUT2D eigenvalue weighted by Gasteiger charge is -2.26. The molecule has 0 bridgehead atoms. The van der Waals surface area contributed by atoms with Crippen LogP contribution >= 0.6 is 0 Å². The van der Waals surface area contributed by atoms with Crippen molar-refractivity contribution in [1.29, 1.82) is 0 Å². The first-order valence-electron chi connectivity index (χ1n) is 12.9. The quantitative estimate of drug-likeness (QED) is 0.186. The lowest BCUT2D eigenvalue weighted by molar-refractivity contribution is -0.0363. The van der Waals surface area contributed by atoms with Gasteiger partial charge < -0.3 is 9.47 Å². The summed E-state index contributed by atoms with van der Waals surface area (Å²) in [6, 6.07) is 0. The molecule has 1 unspecified atom stereocenters. The molecule has 0 aromatic heterocycles. The molecule has 0 aromatic rings. The van der Waals surface area contributed by atoms with Crippen molar-refractivity contribution in [2.24, 2.45) is 17.3 Å². The summed E-state index contributed by atoms with van der Waals surface area (Å²) in [6.45, 7) is 18.7. The van der Waals surface area contributed by atoms with E-state index in [4.69, 9.17) is 9.47 Å². The molecule has 1 atom stereocenters. The number of hydrogen-bond acceptors (Lipinski definition) is 2. The topological polar surface area (TPSA) is 18.5 Å². The number of unbranched alkanes of at least 4 members (excludes halogenated alkanes) is 8. The Balaban J connectivity index is 3.75. The van der Waals surface area contributed by atoms with Crippen LogP contribution in [0.5, 0.6) is 0 Å². The molecular weight excluding hydrogens is 356 g/mol. The van der Waals surface area contributed by atoms with Crippen LogP contribution in [-0.4, -0.2) is 25.9 Å². The molecule has 0 radical (unpaired) electrons. The maximum Gasteiger partial charge on any atom is 0.0813 e. The Morgan fingerprint density at radius 1 is 0.586 bits per heavy atom. The average molecular weight is 413 g/mol. The SMILES string of the molecule is CC(C)CCCCCCCOCC(CC(C)(C)C)OCCCCCCCC(C)C. The van der Waals surface area contributed by atoms with Gasteiger partial charge in [0, 0.05) is 13.2 Å². The molecule has 0 rings (SSSR count). The van der Waals surface area contributed by atoms with Crippen molar-refractivity contribution < 1.29 is 9.47 Å². The molecule has 29 heavy (non-hydrogen) atoms. The van der Waals surface area contributed by atoms with Crippen LogP contribution in [0.3, 0.4) is 0 Å². The molecule has 0 aromatic carbocycles. The number of hydrogen-bond donors (Lipinski definition) is 0. The minimum atomic E-state index is 0.252. The van der Waals surface area contributed by atoms with E-state index in [1.807, 2.05) is 0 Å². The third-order valence-electron chi connectivity index (χ3n) is 5.49. The average Bonchev–Trinajstić information content (AvgIpc) is 2.60. The van der Waals surface area contributed by atoms with Gasteiger partial charge in [0.2, 0.25) is 0 Å². The summed E-state index contributed by atoms with van der Waals surface area (Å²) in [5, 5.41) is 0. The third-order valence-corrected chi connectivity index (χ3v) is 5.49. The van der Waals surface area contributed by atoms with E-state index in [1.54, 1.807) is 0 Å². The molecule has 0 aliphatic carbocycles. The Morgan fingerprint density at radius 2 is 1.03 bits per heavy atom. The predicted octanol–water partition coefficient (Wildman–Crippen LogP) is 8.82. The smallest absolute Gasteiger partial charge is 0.0813 e. The monoisotopic (exact) mass is 412 g/mol. The Bertz CT molecular complexity index is 330. The van der Waals surface area contributed by atoms with Gasteiger partial charge >= 0.3 is 0 Å². The van der Waals surface area contributed by atoms with E-state index >= 15 is 0 Å². The molecule has 2 nitrogen and oxygen atoms in total. The Morgan fingerprint density at radius 3 is 1.52 bits per heavy atom. The van der Waals surface area contributed by atoms with Crippen molar-refractivity contribution in [3.63, 3.8) is 0 Å². The van der Waals surface area contributed by atoms with Gasteiger partial charge in [-0.2, -0.15) is 0 Å². The van der Waals surface area contributed by atoms with Crippen molar-refractivity contribution in [3.05, 3.63) is 0 Å². The van der Waals surface area contributed by atoms with Crippen LogP contribution < -0.4 is 0 Å². The van der Waals surface area contributed by atoms with Gasteiger partial charge in [-0.15, -0.1) is 0 Å². The first-order chi connectivity index (χ1) is 13.7. The van der Waals surface area contributed by atoms with Crippen LogP contribution in [0.2, 0.25) is 0 Å². The Labute approximate surface area is 184 Å². The first kappa shape index (κ1) is 28.9. The molecule has 0 fully saturated rings. The van der Waals surface area contributed by atoms with E-state index in [1.165, 1.54) is 77.0 Å². The third kappa shape index (κ3) is 24.1. The maximum absolute atomic E-state index is 6.22. The summed E-state index contributed by atoms with van der Waals surface area (Å²) in [4.78, 5) is 0. The highest BCUT2D eigenvalue weighted by atomic mass is 16.5. The first-order valence-corrected chi connectivity index (χ1v) is 12.9. The zero-order valence-corrected chi connectivity index (χ0v) is 21.4. The van der Waals surface area contributed by atoms with Crippen molar-refractivity contribution in [3.8, 4) is 0 Å². The fourth-order valence-electron chi connectivity index (χ4n) is 3.79. The van der Waals surface area contributed by atoms with Crippen LogP contribution in [0, 0.1) is 17.3 Å². The highest BCUT2D eigenvalue weighted by Crippen LogP contribution is 2.23. The second kappa shape index (κ2) is 18.7. The molecule has 0 N–H and O–H groups in total. The van der Waals surface area contributed by atoms with Crippen LogP contribution in [0.4, 0.5) is 0 Å². The minimum absolute atomic E-state index is 0.252. The van der Waals surface area contributed by atoms with E-state index in [2.05, 4.69) is 48.5 Å². The standard InChI is InChI=1S/C27H56O2/c1-24(2)18-14-10-8-12-16-20-28-23-26(22-27(5,6)7)29-21-17-13-9-11-15-19-25(3)4/h24-26H,8-23H2,1-7H3. The number of rotatable bonds is 20.